The predicted octanol–water partition coefficient (Wildman–Crippen LogP) is 3.45. The molecule has 4 aromatic rings. The summed E-state index contributed by atoms with van der Waals surface area (Å²) in [6.07, 6.45) is -0.0635. The van der Waals surface area contributed by atoms with Crippen molar-refractivity contribution in [1.29, 1.82) is 0 Å². The fourth-order valence-corrected chi connectivity index (χ4v) is 6.19. The van der Waals surface area contributed by atoms with Gasteiger partial charge in [-0.05, 0) is 54.1 Å². The van der Waals surface area contributed by atoms with Crippen LogP contribution in [-0.2, 0) is 21.2 Å². The normalized spacial score (nSPS) is 14.6. The molecule has 0 atom stereocenters. The highest BCUT2D eigenvalue weighted by molar-refractivity contribution is 7.91. The number of amides is 1. The molecular formula is C26H27ClN4O4S. The summed E-state index contributed by atoms with van der Waals surface area (Å²) in [5.41, 5.74) is 2.31. The summed E-state index contributed by atoms with van der Waals surface area (Å²) in [4.78, 5) is 21.5. The first kappa shape index (κ1) is 24.5. The Morgan fingerprint density at radius 2 is 1.75 bits per heavy atom. The largest absolute Gasteiger partial charge is 0.390 e. The van der Waals surface area contributed by atoms with Gasteiger partial charge in [-0.2, -0.15) is 0 Å². The van der Waals surface area contributed by atoms with Crippen molar-refractivity contribution < 1.29 is 18.3 Å². The molecule has 2 aromatic heterocycles. The van der Waals surface area contributed by atoms with Crippen molar-refractivity contribution >= 4 is 49.6 Å². The molecule has 8 nitrogen and oxygen atoms in total. The molecule has 0 saturated carbocycles. The minimum Gasteiger partial charge on any atom is -0.390 e. The van der Waals surface area contributed by atoms with Crippen LogP contribution in [0, 0.1) is 6.92 Å². The highest BCUT2D eigenvalue weighted by atomic mass is 35.5. The lowest BCUT2D eigenvalue weighted by atomic mass is 10.1. The number of aliphatic hydroxyl groups is 1. The molecule has 0 radical (unpaired) electrons. The van der Waals surface area contributed by atoms with Crippen LogP contribution in [0.25, 0.3) is 16.4 Å². The molecule has 0 bridgehead atoms. The number of carbonyl (C=O) groups excluding carboxylic acids is 1. The van der Waals surface area contributed by atoms with E-state index in [1.807, 2.05) is 29.5 Å². The highest BCUT2D eigenvalue weighted by Crippen LogP contribution is 2.25. The van der Waals surface area contributed by atoms with Crippen molar-refractivity contribution in [2.75, 3.05) is 36.8 Å². The van der Waals surface area contributed by atoms with Gasteiger partial charge in [-0.3, -0.25) is 9.20 Å². The number of anilines is 1. The summed E-state index contributed by atoms with van der Waals surface area (Å²) in [5, 5.41) is 12.1. The van der Waals surface area contributed by atoms with Gasteiger partial charge in [-0.1, -0.05) is 29.8 Å². The fourth-order valence-electron chi connectivity index (χ4n) is 4.75. The number of fused-ring (bicyclic) bond motifs is 2. The summed E-state index contributed by atoms with van der Waals surface area (Å²) >= 11 is 6.01. The number of aliphatic hydroxyl groups excluding tert-OH is 1. The average Bonchev–Trinajstić information content (AvgIpc) is 3.22. The van der Waals surface area contributed by atoms with E-state index >= 15 is 0 Å². The maximum atomic E-state index is 12.9. The molecule has 1 aliphatic heterocycles. The molecular weight excluding hydrogens is 500 g/mol. The zero-order valence-corrected chi connectivity index (χ0v) is 21.5. The first-order valence-electron chi connectivity index (χ1n) is 11.8. The molecule has 1 saturated heterocycles. The summed E-state index contributed by atoms with van der Waals surface area (Å²) in [6.45, 7) is 3.96. The summed E-state index contributed by atoms with van der Waals surface area (Å²) in [7, 11) is -3.60. The summed E-state index contributed by atoms with van der Waals surface area (Å²) in [5.74, 6) is 0.515. The molecule has 188 valence electrons. The number of aromatic nitrogens is 2. The molecule has 1 aliphatic rings. The smallest absolute Gasteiger partial charge is 0.223 e. The number of sulfone groups is 1. The zero-order chi connectivity index (χ0) is 25.4. The minimum absolute atomic E-state index is 0.0635. The maximum absolute atomic E-state index is 12.9. The van der Waals surface area contributed by atoms with Crippen LogP contribution < -0.4 is 4.90 Å². The van der Waals surface area contributed by atoms with E-state index in [2.05, 4.69) is 9.88 Å². The minimum atomic E-state index is -3.60. The van der Waals surface area contributed by atoms with E-state index in [4.69, 9.17) is 11.6 Å². The molecule has 1 N–H and O–H groups in total. The van der Waals surface area contributed by atoms with Gasteiger partial charge < -0.3 is 14.9 Å². The van der Waals surface area contributed by atoms with Crippen molar-refractivity contribution in [3.05, 3.63) is 71.0 Å². The van der Waals surface area contributed by atoms with Gasteiger partial charge >= 0.3 is 0 Å². The Morgan fingerprint density at radius 1 is 1.03 bits per heavy atom. The van der Waals surface area contributed by atoms with Crippen molar-refractivity contribution in [2.45, 2.75) is 24.8 Å². The Morgan fingerprint density at radius 3 is 2.50 bits per heavy atom. The molecule has 0 aliphatic carbocycles. The zero-order valence-electron chi connectivity index (χ0n) is 19.9. The SMILES string of the molecule is Cc1nc2cccc(N3CCN(C(=O)CCS(=O)(=O)c4ccc5cc(Cl)ccc5c4)CC3)n2c1CO. The van der Waals surface area contributed by atoms with Crippen LogP contribution in [0.4, 0.5) is 5.82 Å². The lowest BCUT2D eigenvalue weighted by Gasteiger charge is -2.36. The Labute approximate surface area is 214 Å². The Balaban J connectivity index is 1.23. The molecule has 2 aromatic carbocycles. The number of halogens is 1. The standard InChI is InChI=1S/C26H27ClN4O4S/c1-18-23(17-32)31-24(28-18)3-2-4-25(31)29-10-12-30(13-11-29)26(33)9-14-36(34,35)22-8-6-19-15-21(27)7-5-20(19)16-22/h2-8,15-16,32H,9-14,17H2,1H3. The van der Waals surface area contributed by atoms with Gasteiger partial charge in [0.1, 0.15) is 11.5 Å². The Hall–Kier alpha value is -3.14. The molecule has 0 spiro atoms. The third-order valence-corrected chi connectivity index (χ3v) is 8.69. The molecule has 1 amide bonds. The van der Waals surface area contributed by atoms with E-state index in [0.29, 0.717) is 31.2 Å². The second-order valence-corrected chi connectivity index (χ2v) is 11.5. The second-order valence-electron chi connectivity index (χ2n) is 8.97. The molecule has 3 heterocycles. The van der Waals surface area contributed by atoms with Gasteiger partial charge in [0, 0.05) is 37.6 Å². The first-order valence-corrected chi connectivity index (χ1v) is 13.8. The quantitative estimate of drug-likeness (QED) is 0.413. The van der Waals surface area contributed by atoms with Crippen LogP contribution in [0.1, 0.15) is 17.8 Å². The third kappa shape index (κ3) is 4.66. The van der Waals surface area contributed by atoms with Gasteiger partial charge in [0.15, 0.2) is 9.84 Å². The van der Waals surface area contributed by atoms with Gasteiger partial charge in [-0.25, -0.2) is 13.4 Å². The van der Waals surface area contributed by atoms with E-state index in [0.717, 1.165) is 33.6 Å². The van der Waals surface area contributed by atoms with Crippen LogP contribution in [0.3, 0.4) is 0 Å². The predicted molar refractivity (Wildman–Crippen MR) is 140 cm³/mol. The van der Waals surface area contributed by atoms with Gasteiger partial charge in [-0.15, -0.1) is 0 Å². The van der Waals surface area contributed by atoms with Crippen molar-refractivity contribution in [1.82, 2.24) is 14.3 Å². The molecule has 0 unspecified atom stereocenters. The van der Waals surface area contributed by atoms with Crippen LogP contribution in [-0.4, -0.2) is 65.6 Å². The number of hydrogen-bond acceptors (Lipinski definition) is 6. The Kier molecular flexibility index (Phi) is 6.63. The van der Waals surface area contributed by atoms with Crippen LogP contribution in [0.2, 0.25) is 5.02 Å². The Bertz CT molecular complexity index is 1560. The van der Waals surface area contributed by atoms with E-state index < -0.39 is 9.84 Å². The number of benzene rings is 2. The number of piperazine rings is 1. The topological polar surface area (TPSA) is 95.2 Å². The number of pyridine rings is 1. The molecule has 1 fully saturated rings. The monoisotopic (exact) mass is 526 g/mol. The number of hydrogen-bond donors (Lipinski definition) is 1. The van der Waals surface area contributed by atoms with Crippen molar-refractivity contribution in [3.63, 3.8) is 0 Å². The molecule has 10 heteroatoms. The summed E-state index contributed by atoms with van der Waals surface area (Å²) in [6, 6.07) is 16.0. The average molecular weight is 527 g/mol. The maximum Gasteiger partial charge on any atom is 0.223 e. The van der Waals surface area contributed by atoms with Crippen LogP contribution >= 0.6 is 11.6 Å². The first-order chi connectivity index (χ1) is 17.3. The molecule has 5 rings (SSSR count). The second kappa shape index (κ2) is 9.72. The molecule has 36 heavy (non-hydrogen) atoms. The van der Waals surface area contributed by atoms with Crippen molar-refractivity contribution in [3.8, 4) is 0 Å². The summed E-state index contributed by atoms with van der Waals surface area (Å²) < 4.78 is 27.8. The number of imidazole rings is 1. The van der Waals surface area contributed by atoms with Crippen molar-refractivity contribution in [2.24, 2.45) is 0 Å². The van der Waals surface area contributed by atoms with E-state index in [1.54, 1.807) is 41.3 Å². The van der Waals surface area contributed by atoms with Crippen LogP contribution in [0.15, 0.2) is 59.5 Å². The van der Waals surface area contributed by atoms with E-state index in [1.165, 1.54) is 0 Å². The highest BCUT2D eigenvalue weighted by Gasteiger charge is 2.25. The number of rotatable bonds is 6. The van der Waals surface area contributed by atoms with E-state index in [-0.39, 0.29) is 29.6 Å². The lowest BCUT2D eigenvalue weighted by molar-refractivity contribution is -0.131. The van der Waals surface area contributed by atoms with E-state index in [9.17, 15) is 18.3 Å². The van der Waals surface area contributed by atoms with Gasteiger partial charge in [0.2, 0.25) is 5.91 Å². The van der Waals surface area contributed by atoms with Gasteiger partial charge in [0.25, 0.3) is 0 Å². The number of carbonyl (C=O) groups is 1. The third-order valence-electron chi connectivity index (χ3n) is 6.74. The fraction of sp³-hybridized carbons (Fsp3) is 0.308. The lowest BCUT2D eigenvalue weighted by Crippen LogP contribution is -2.49. The van der Waals surface area contributed by atoms with Crippen LogP contribution in [0.5, 0.6) is 0 Å². The number of aryl methyl sites for hydroxylation is 1. The van der Waals surface area contributed by atoms with Gasteiger partial charge in [0.05, 0.1) is 28.6 Å². The number of nitrogens with zero attached hydrogens (tertiary/aromatic N) is 4.